The fourth-order valence-electron chi connectivity index (χ4n) is 1.39. The number of nitrogens with one attached hydrogen (secondary N) is 1. The number of methoxy groups -OCH3 is 1. The molecule has 0 bridgehead atoms. The molecule has 1 unspecified atom stereocenters. The molecule has 0 spiro atoms. The van der Waals surface area contributed by atoms with Crippen LogP contribution in [0.2, 0.25) is 0 Å². The fourth-order valence-corrected chi connectivity index (χ4v) is 1.39. The van der Waals surface area contributed by atoms with Gasteiger partial charge in [0.15, 0.2) is 0 Å². The Bertz CT molecular complexity index is 312. The maximum absolute atomic E-state index is 5.63. The van der Waals surface area contributed by atoms with Crippen LogP contribution in [-0.4, -0.2) is 19.8 Å². The number of fused-ring (bicyclic) bond motifs is 1. The van der Waals surface area contributed by atoms with Crippen molar-refractivity contribution in [2.24, 2.45) is 0 Å². The van der Waals surface area contributed by atoms with Crippen LogP contribution in [0, 0.1) is 0 Å². The Hall–Kier alpha value is -1.38. The number of ether oxygens (including phenoxy) is 2. The molecule has 2 rings (SSSR count). The highest BCUT2D eigenvalue weighted by atomic mass is 16.5. The van der Waals surface area contributed by atoms with Gasteiger partial charge in [-0.25, -0.2) is 0 Å². The fraction of sp³-hybridized carbons (Fsp3) is 0.400. The van der Waals surface area contributed by atoms with E-state index in [1.54, 1.807) is 7.11 Å². The normalized spacial score (nSPS) is 19.7. The van der Waals surface area contributed by atoms with Crippen molar-refractivity contribution in [2.45, 2.75) is 13.0 Å². The van der Waals surface area contributed by atoms with Gasteiger partial charge in [-0.3, -0.25) is 0 Å². The Morgan fingerprint density at radius 2 is 2.38 bits per heavy atom. The van der Waals surface area contributed by atoms with E-state index in [-0.39, 0.29) is 6.10 Å². The molecule has 0 saturated heterocycles. The third-order valence-corrected chi connectivity index (χ3v) is 2.10. The molecule has 0 amide bonds. The molecule has 0 aliphatic carbocycles. The zero-order valence-electron chi connectivity index (χ0n) is 7.83. The quantitative estimate of drug-likeness (QED) is 0.714. The molecular weight excluding hydrogens is 166 g/mol. The summed E-state index contributed by atoms with van der Waals surface area (Å²) in [6.45, 7) is 2.90. The Labute approximate surface area is 77.7 Å². The van der Waals surface area contributed by atoms with Gasteiger partial charge in [-0.2, -0.15) is 0 Å². The second-order valence-electron chi connectivity index (χ2n) is 3.17. The lowest BCUT2D eigenvalue weighted by molar-refractivity contribution is 0.225. The molecule has 1 aromatic rings. The van der Waals surface area contributed by atoms with Gasteiger partial charge in [0.1, 0.15) is 17.6 Å². The molecule has 13 heavy (non-hydrogen) atoms. The van der Waals surface area contributed by atoms with E-state index in [2.05, 4.69) is 5.32 Å². The summed E-state index contributed by atoms with van der Waals surface area (Å²) in [7, 11) is 1.65. The smallest absolute Gasteiger partial charge is 0.146 e. The van der Waals surface area contributed by atoms with Gasteiger partial charge < -0.3 is 14.8 Å². The number of hydrogen-bond donors (Lipinski definition) is 1. The molecule has 1 N–H and O–H groups in total. The average molecular weight is 179 g/mol. The van der Waals surface area contributed by atoms with Crippen molar-refractivity contribution < 1.29 is 9.47 Å². The van der Waals surface area contributed by atoms with Crippen molar-refractivity contribution >= 4 is 5.69 Å². The van der Waals surface area contributed by atoms with Crippen LogP contribution in [0.15, 0.2) is 18.2 Å². The van der Waals surface area contributed by atoms with Gasteiger partial charge in [0.05, 0.1) is 19.3 Å². The van der Waals surface area contributed by atoms with E-state index in [4.69, 9.17) is 9.47 Å². The third kappa shape index (κ3) is 1.54. The van der Waals surface area contributed by atoms with Crippen molar-refractivity contribution in [3.05, 3.63) is 18.2 Å². The van der Waals surface area contributed by atoms with Gasteiger partial charge >= 0.3 is 0 Å². The molecule has 3 heteroatoms. The van der Waals surface area contributed by atoms with Gasteiger partial charge in [0.25, 0.3) is 0 Å². The van der Waals surface area contributed by atoms with Crippen LogP contribution in [0.3, 0.4) is 0 Å². The zero-order chi connectivity index (χ0) is 9.26. The van der Waals surface area contributed by atoms with Crippen LogP contribution in [0.25, 0.3) is 0 Å². The summed E-state index contributed by atoms with van der Waals surface area (Å²) in [4.78, 5) is 0. The van der Waals surface area contributed by atoms with Crippen LogP contribution >= 0.6 is 0 Å². The lowest BCUT2D eigenvalue weighted by atomic mass is 10.2. The third-order valence-electron chi connectivity index (χ3n) is 2.10. The number of hydrogen-bond acceptors (Lipinski definition) is 3. The minimum Gasteiger partial charge on any atom is -0.497 e. The van der Waals surface area contributed by atoms with Crippen molar-refractivity contribution in [3.8, 4) is 11.5 Å². The number of rotatable bonds is 1. The molecule has 1 aromatic carbocycles. The monoisotopic (exact) mass is 179 g/mol. The Balaban J connectivity index is 2.32. The molecular formula is C10H13NO2. The van der Waals surface area contributed by atoms with Gasteiger partial charge in [0.2, 0.25) is 0 Å². The van der Waals surface area contributed by atoms with E-state index in [9.17, 15) is 0 Å². The predicted molar refractivity (Wildman–Crippen MR) is 51.6 cm³/mol. The molecule has 1 atom stereocenters. The average Bonchev–Trinajstić information content (AvgIpc) is 2.16. The molecule has 3 nitrogen and oxygen atoms in total. The molecule has 0 fully saturated rings. The van der Waals surface area contributed by atoms with Gasteiger partial charge in [-0.05, 0) is 19.1 Å². The Morgan fingerprint density at radius 3 is 3.15 bits per heavy atom. The van der Waals surface area contributed by atoms with E-state index in [1.165, 1.54) is 0 Å². The summed E-state index contributed by atoms with van der Waals surface area (Å²) in [5.74, 6) is 1.70. The highest BCUT2D eigenvalue weighted by molar-refractivity contribution is 5.60. The summed E-state index contributed by atoms with van der Waals surface area (Å²) in [6, 6.07) is 5.79. The second-order valence-corrected chi connectivity index (χ2v) is 3.17. The van der Waals surface area contributed by atoms with E-state index in [0.29, 0.717) is 0 Å². The Morgan fingerprint density at radius 1 is 1.54 bits per heavy atom. The second kappa shape index (κ2) is 3.17. The van der Waals surface area contributed by atoms with Crippen LogP contribution in [0.4, 0.5) is 5.69 Å². The molecule has 0 saturated carbocycles. The first-order chi connectivity index (χ1) is 6.29. The van der Waals surface area contributed by atoms with Crippen LogP contribution < -0.4 is 14.8 Å². The first kappa shape index (κ1) is 8.23. The summed E-state index contributed by atoms with van der Waals surface area (Å²) >= 11 is 0. The first-order valence-corrected chi connectivity index (χ1v) is 4.38. The van der Waals surface area contributed by atoms with Gasteiger partial charge in [0, 0.05) is 6.07 Å². The van der Waals surface area contributed by atoms with Crippen molar-refractivity contribution in [2.75, 3.05) is 19.0 Å². The summed E-state index contributed by atoms with van der Waals surface area (Å²) in [6.07, 6.45) is 0.222. The highest BCUT2D eigenvalue weighted by Crippen LogP contribution is 2.32. The van der Waals surface area contributed by atoms with E-state index in [0.717, 1.165) is 23.7 Å². The Kier molecular flexibility index (Phi) is 2.00. The molecule has 0 radical (unpaired) electrons. The van der Waals surface area contributed by atoms with Crippen molar-refractivity contribution in [1.29, 1.82) is 0 Å². The molecule has 70 valence electrons. The number of benzene rings is 1. The van der Waals surface area contributed by atoms with Gasteiger partial charge in [-0.15, -0.1) is 0 Å². The minimum absolute atomic E-state index is 0.222. The molecule has 1 aliphatic rings. The maximum atomic E-state index is 5.63. The SMILES string of the molecule is COc1ccc2c(c1)OC(C)CN2. The topological polar surface area (TPSA) is 30.5 Å². The largest absolute Gasteiger partial charge is 0.497 e. The maximum Gasteiger partial charge on any atom is 0.146 e. The summed E-state index contributed by atoms with van der Waals surface area (Å²) < 4.78 is 10.7. The summed E-state index contributed by atoms with van der Waals surface area (Å²) in [5, 5.41) is 3.28. The van der Waals surface area contributed by atoms with E-state index < -0.39 is 0 Å². The van der Waals surface area contributed by atoms with Crippen LogP contribution in [0.5, 0.6) is 11.5 Å². The molecule has 1 aliphatic heterocycles. The number of anilines is 1. The van der Waals surface area contributed by atoms with Crippen molar-refractivity contribution in [3.63, 3.8) is 0 Å². The summed E-state index contributed by atoms with van der Waals surface area (Å²) in [5.41, 5.74) is 1.04. The predicted octanol–water partition coefficient (Wildman–Crippen LogP) is 1.89. The lowest BCUT2D eigenvalue weighted by Gasteiger charge is -2.24. The zero-order valence-corrected chi connectivity index (χ0v) is 7.83. The van der Waals surface area contributed by atoms with Crippen LogP contribution in [0.1, 0.15) is 6.92 Å². The standard InChI is InChI=1S/C10H13NO2/c1-7-6-11-9-4-3-8(12-2)5-10(9)13-7/h3-5,7,11H,6H2,1-2H3. The van der Waals surface area contributed by atoms with E-state index in [1.807, 2.05) is 25.1 Å². The van der Waals surface area contributed by atoms with E-state index >= 15 is 0 Å². The highest BCUT2D eigenvalue weighted by Gasteiger charge is 2.15. The minimum atomic E-state index is 0.222. The van der Waals surface area contributed by atoms with Gasteiger partial charge in [-0.1, -0.05) is 0 Å². The van der Waals surface area contributed by atoms with Crippen molar-refractivity contribution in [1.82, 2.24) is 0 Å². The first-order valence-electron chi connectivity index (χ1n) is 4.38. The van der Waals surface area contributed by atoms with Crippen LogP contribution in [-0.2, 0) is 0 Å². The lowest BCUT2D eigenvalue weighted by Crippen LogP contribution is -2.27. The molecule has 0 aromatic heterocycles. The molecule has 1 heterocycles.